The summed E-state index contributed by atoms with van der Waals surface area (Å²) in [5.74, 6) is 0.291. The highest BCUT2D eigenvalue weighted by atomic mass is 32.1. The van der Waals surface area contributed by atoms with Crippen molar-refractivity contribution in [2.45, 2.75) is 51.4 Å². The summed E-state index contributed by atoms with van der Waals surface area (Å²) in [6, 6.07) is 8.17. The van der Waals surface area contributed by atoms with Crippen molar-refractivity contribution in [3.05, 3.63) is 56.6 Å². The van der Waals surface area contributed by atoms with Crippen LogP contribution in [-0.4, -0.2) is 27.2 Å². The number of fused-ring (bicyclic) bond motifs is 1. The van der Waals surface area contributed by atoms with Crippen LogP contribution in [0.5, 0.6) is 0 Å². The third-order valence-corrected chi connectivity index (χ3v) is 5.86. The minimum Gasteiger partial charge on any atom is -0.376 e. The Morgan fingerprint density at radius 3 is 2.58 bits per heavy atom. The van der Waals surface area contributed by atoms with E-state index in [1.807, 2.05) is 26.0 Å². The first-order chi connectivity index (χ1) is 14.6. The lowest BCUT2D eigenvalue weighted by Crippen LogP contribution is -2.24. The minimum atomic E-state index is -4.73. The Morgan fingerprint density at radius 2 is 2.00 bits per heavy atom. The fourth-order valence-corrected chi connectivity index (χ4v) is 4.10. The van der Waals surface area contributed by atoms with Gasteiger partial charge in [0.1, 0.15) is 5.65 Å². The lowest BCUT2D eigenvalue weighted by atomic mass is 10.00. The molecule has 5 nitrogen and oxygen atoms in total. The number of rotatable bonds is 4. The zero-order valence-corrected chi connectivity index (χ0v) is 17.9. The van der Waals surface area contributed by atoms with Gasteiger partial charge >= 0.3 is 6.18 Å². The van der Waals surface area contributed by atoms with Gasteiger partial charge in [0.25, 0.3) is 5.56 Å². The molecule has 31 heavy (non-hydrogen) atoms. The maximum atomic E-state index is 14.0. The second kappa shape index (κ2) is 8.20. The van der Waals surface area contributed by atoms with Crippen LogP contribution in [0, 0.1) is 4.77 Å². The van der Waals surface area contributed by atoms with Crippen LogP contribution in [0.4, 0.5) is 13.2 Å². The maximum absolute atomic E-state index is 14.0. The number of pyridine rings is 1. The van der Waals surface area contributed by atoms with E-state index in [4.69, 9.17) is 17.0 Å². The van der Waals surface area contributed by atoms with Gasteiger partial charge < -0.3 is 4.74 Å². The van der Waals surface area contributed by atoms with Gasteiger partial charge in [0.2, 0.25) is 0 Å². The first kappa shape index (κ1) is 21.7. The Kier molecular flexibility index (Phi) is 5.74. The van der Waals surface area contributed by atoms with Crippen LogP contribution >= 0.6 is 12.2 Å². The van der Waals surface area contributed by atoms with Gasteiger partial charge in [0.15, 0.2) is 4.77 Å². The molecule has 9 heteroatoms. The molecule has 2 aromatic heterocycles. The van der Waals surface area contributed by atoms with Crippen molar-refractivity contribution in [2.75, 3.05) is 6.61 Å². The lowest BCUT2D eigenvalue weighted by molar-refractivity contribution is -0.136. The molecule has 1 aromatic carbocycles. The number of nitrogens with zero attached hydrogens (tertiary/aromatic N) is 2. The third-order valence-electron chi connectivity index (χ3n) is 5.54. The summed E-state index contributed by atoms with van der Waals surface area (Å²) in [5, 5.41) is -0.512. The molecule has 164 valence electrons. The van der Waals surface area contributed by atoms with Crippen molar-refractivity contribution in [2.24, 2.45) is 0 Å². The molecular formula is C22H22F3N3O2S. The number of alkyl halides is 3. The van der Waals surface area contributed by atoms with Crippen LogP contribution in [0.1, 0.15) is 43.7 Å². The molecule has 0 amide bonds. The van der Waals surface area contributed by atoms with Gasteiger partial charge in [-0.25, -0.2) is 4.98 Å². The van der Waals surface area contributed by atoms with Crippen LogP contribution in [0.25, 0.3) is 22.3 Å². The van der Waals surface area contributed by atoms with Gasteiger partial charge in [0.05, 0.1) is 29.3 Å². The van der Waals surface area contributed by atoms with E-state index >= 15 is 0 Å². The predicted octanol–water partition coefficient (Wildman–Crippen LogP) is 5.44. The van der Waals surface area contributed by atoms with Crippen LogP contribution in [-0.2, 0) is 17.5 Å². The van der Waals surface area contributed by atoms with E-state index in [1.165, 1.54) is 4.57 Å². The van der Waals surface area contributed by atoms with Gasteiger partial charge in [0, 0.05) is 12.2 Å². The number of benzene rings is 1. The van der Waals surface area contributed by atoms with E-state index in [1.54, 1.807) is 12.1 Å². The molecule has 0 radical (unpaired) electrons. The molecule has 0 aliphatic carbocycles. The molecule has 0 unspecified atom stereocenters. The molecule has 3 aromatic rings. The number of halogens is 3. The highest BCUT2D eigenvalue weighted by molar-refractivity contribution is 7.71. The standard InChI is InChI=1S/C22H22F3N3O2S/c1-12(2)13-5-7-14(8-6-13)17-10-16(22(23,24)25)18-19(26-17)28(21(31)27-20(18)29)11-15-4-3-9-30-15/h5-8,10,12,15H,3-4,9,11H2,1-2H3,(H,27,29,31)/t15-/m1/s1. The first-order valence-electron chi connectivity index (χ1n) is 10.1. The second-order valence-corrected chi connectivity index (χ2v) is 8.42. The third kappa shape index (κ3) is 4.29. The molecule has 0 spiro atoms. The predicted molar refractivity (Wildman–Crippen MR) is 115 cm³/mol. The highest BCUT2D eigenvalue weighted by Gasteiger charge is 2.35. The van der Waals surface area contributed by atoms with Crippen LogP contribution in [0.2, 0.25) is 0 Å². The summed E-state index contributed by atoms with van der Waals surface area (Å²) in [7, 11) is 0. The van der Waals surface area contributed by atoms with E-state index in [2.05, 4.69) is 9.97 Å². The largest absolute Gasteiger partial charge is 0.417 e. The zero-order valence-electron chi connectivity index (χ0n) is 17.1. The van der Waals surface area contributed by atoms with Gasteiger partial charge in [-0.2, -0.15) is 13.2 Å². The molecule has 0 saturated carbocycles. The Morgan fingerprint density at radius 1 is 1.29 bits per heavy atom. The van der Waals surface area contributed by atoms with E-state index < -0.39 is 22.7 Å². The molecule has 3 heterocycles. The molecule has 4 rings (SSSR count). The van der Waals surface area contributed by atoms with Crippen LogP contribution in [0.3, 0.4) is 0 Å². The van der Waals surface area contributed by atoms with Gasteiger partial charge in [-0.15, -0.1) is 0 Å². The van der Waals surface area contributed by atoms with Crippen molar-refractivity contribution in [1.29, 1.82) is 0 Å². The molecule has 1 aliphatic rings. The van der Waals surface area contributed by atoms with E-state index in [9.17, 15) is 18.0 Å². The van der Waals surface area contributed by atoms with Crippen molar-refractivity contribution in [3.63, 3.8) is 0 Å². The Hall–Kier alpha value is -2.52. The molecule has 1 atom stereocenters. The fraction of sp³-hybridized carbons (Fsp3) is 0.409. The Labute approximate surface area is 181 Å². The Balaban J connectivity index is 1.98. The number of ether oxygens (including phenoxy) is 1. The first-order valence-corrected chi connectivity index (χ1v) is 10.5. The van der Waals surface area contributed by atoms with Crippen LogP contribution in [0.15, 0.2) is 35.1 Å². The van der Waals surface area contributed by atoms with E-state index in [0.717, 1.165) is 24.5 Å². The minimum absolute atomic E-state index is 0.0286. The average Bonchev–Trinajstić information content (AvgIpc) is 3.23. The Bertz CT molecular complexity index is 1220. The van der Waals surface area contributed by atoms with Crippen molar-refractivity contribution >= 4 is 23.3 Å². The summed E-state index contributed by atoms with van der Waals surface area (Å²) in [6.07, 6.45) is -3.28. The van der Waals surface area contributed by atoms with Crippen molar-refractivity contribution < 1.29 is 17.9 Å². The fourth-order valence-electron chi connectivity index (χ4n) is 3.85. The van der Waals surface area contributed by atoms with Gasteiger partial charge in [-0.1, -0.05) is 38.1 Å². The van der Waals surface area contributed by atoms with Crippen LogP contribution < -0.4 is 5.56 Å². The molecular weight excluding hydrogens is 427 g/mol. The number of H-pyrrole nitrogens is 1. The van der Waals surface area contributed by atoms with Gasteiger partial charge in [-0.3, -0.25) is 14.3 Å². The number of aromatic amines is 1. The topological polar surface area (TPSA) is 59.9 Å². The average molecular weight is 449 g/mol. The van der Waals surface area contributed by atoms with Crippen molar-refractivity contribution in [1.82, 2.24) is 14.5 Å². The maximum Gasteiger partial charge on any atom is 0.417 e. The number of nitrogens with one attached hydrogen (secondary N) is 1. The lowest BCUT2D eigenvalue weighted by Gasteiger charge is -2.18. The molecule has 1 aliphatic heterocycles. The summed E-state index contributed by atoms with van der Waals surface area (Å²) >= 11 is 5.27. The molecule has 1 fully saturated rings. The summed E-state index contributed by atoms with van der Waals surface area (Å²) in [6.45, 7) is 4.90. The number of hydrogen-bond donors (Lipinski definition) is 1. The number of aromatic nitrogens is 3. The normalized spacial score (nSPS) is 17.0. The molecule has 1 saturated heterocycles. The molecule has 0 bridgehead atoms. The highest BCUT2D eigenvalue weighted by Crippen LogP contribution is 2.36. The van der Waals surface area contributed by atoms with E-state index in [0.29, 0.717) is 18.1 Å². The summed E-state index contributed by atoms with van der Waals surface area (Å²) < 4.78 is 49.0. The second-order valence-electron chi connectivity index (χ2n) is 8.03. The zero-order chi connectivity index (χ0) is 22.3. The quantitative estimate of drug-likeness (QED) is 0.539. The summed E-state index contributed by atoms with van der Waals surface area (Å²) in [4.78, 5) is 19.4. The van der Waals surface area contributed by atoms with E-state index in [-0.39, 0.29) is 28.8 Å². The van der Waals surface area contributed by atoms with Gasteiger partial charge in [-0.05, 0) is 42.6 Å². The smallest absolute Gasteiger partial charge is 0.376 e. The number of hydrogen-bond acceptors (Lipinski definition) is 4. The summed E-state index contributed by atoms with van der Waals surface area (Å²) in [5.41, 5.74) is -0.272. The monoisotopic (exact) mass is 449 g/mol. The SMILES string of the molecule is CC(C)c1ccc(-c2cc(C(F)(F)F)c3c(=O)[nH]c(=S)n(C[C@H]4CCCO4)c3n2)cc1. The molecule has 1 N–H and O–H groups in total. The van der Waals surface area contributed by atoms with Crippen molar-refractivity contribution in [3.8, 4) is 11.3 Å².